The van der Waals surface area contributed by atoms with E-state index in [1.807, 2.05) is 6.92 Å². The van der Waals surface area contributed by atoms with Crippen LogP contribution in [0.1, 0.15) is 97.3 Å². The van der Waals surface area contributed by atoms with Gasteiger partial charge in [-0.1, -0.05) is 58.3 Å². The van der Waals surface area contributed by atoms with Crippen LogP contribution in [0.3, 0.4) is 0 Å². The first-order chi connectivity index (χ1) is 12.3. The van der Waals surface area contributed by atoms with E-state index in [0.717, 1.165) is 44.9 Å². The van der Waals surface area contributed by atoms with Crippen molar-refractivity contribution < 1.29 is 24.9 Å². The molecule has 154 valence electrons. The van der Waals surface area contributed by atoms with Gasteiger partial charge in [-0.25, -0.2) is 0 Å². The lowest BCUT2D eigenvalue weighted by molar-refractivity contribution is -0.140. The van der Waals surface area contributed by atoms with Gasteiger partial charge in [0, 0.05) is 6.42 Å². The minimum atomic E-state index is -0.849. The zero-order valence-electron chi connectivity index (χ0n) is 16.6. The van der Waals surface area contributed by atoms with Crippen molar-refractivity contribution in [1.82, 2.24) is 5.32 Å². The molecule has 0 bridgehead atoms. The number of nitrogens with one attached hydrogen (secondary N) is 1. The molecular weight excluding hydrogens is 334 g/mol. The van der Waals surface area contributed by atoms with Crippen molar-refractivity contribution in [2.75, 3.05) is 6.54 Å². The highest BCUT2D eigenvalue weighted by Gasteiger charge is 2.21. The maximum absolute atomic E-state index is 11.3. The van der Waals surface area contributed by atoms with E-state index < -0.39 is 23.6 Å². The largest absolute Gasteiger partial charge is 0.481 e. The fraction of sp³-hybridized carbons (Fsp3) is 0.900. The van der Waals surface area contributed by atoms with E-state index in [2.05, 4.69) is 12.2 Å². The molecule has 0 aliphatic heterocycles. The third-order valence-corrected chi connectivity index (χ3v) is 4.80. The molecule has 0 saturated carbocycles. The Morgan fingerprint density at radius 1 is 0.923 bits per heavy atom. The number of carboxylic acid groups (broad SMARTS) is 2. The summed E-state index contributed by atoms with van der Waals surface area (Å²) in [6.07, 6.45) is 10.8. The molecule has 0 rings (SSSR count). The number of aliphatic hydroxyl groups is 1. The van der Waals surface area contributed by atoms with E-state index in [1.54, 1.807) is 0 Å². The van der Waals surface area contributed by atoms with Gasteiger partial charge in [-0.15, -0.1) is 0 Å². The van der Waals surface area contributed by atoms with Gasteiger partial charge in [0.05, 0.1) is 5.60 Å². The zero-order valence-corrected chi connectivity index (χ0v) is 16.6. The third kappa shape index (κ3) is 15.1. The molecule has 0 heterocycles. The number of carbonyl (C=O) groups is 2. The summed E-state index contributed by atoms with van der Waals surface area (Å²) in [5.74, 6) is -1.61. The Hall–Kier alpha value is -1.14. The maximum atomic E-state index is 11.3. The van der Waals surface area contributed by atoms with Crippen molar-refractivity contribution in [3.8, 4) is 0 Å². The van der Waals surface area contributed by atoms with Gasteiger partial charge in [0.1, 0.15) is 6.04 Å². The van der Waals surface area contributed by atoms with Crippen LogP contribution in [0.25, 0.3) is 0 Å². The summed E-state index contributed by atoms with van der Waals surface area (Å²) in [7, 11) is 0. The van der Waals surface area contributed by atoms with E-state index >= 15 is 0 Å². The van der Waals surface area contributed by atoms with Crippen molar-refractivity contribution in [2.24, 2.45) is 0 Å². The molecule has 0 fully saturated rings. The highest BCUT2D eigenvalue weighted by molar-refractivity contribution is 5.73. The number of rotatable bonds is 18. The Balaban J connectivity index is 3.87. The van der Waals surface area contributed by atoms with Crippen LogP contribution in [0.4, 0.5) is 0 Å². The number of carboxylic acids is 2. The Morgan fingerprint density at radius 3 is 2.15 bits per heavy atom. The lowest BCUT2D eigenvalue weighted by atomic mass is 9.94. The van der Waals surface area contributed by atoms with Gasteiger partial charge in [-0.05, 0) is 39.2 Å². The summed E-state index contributed by atoms with van der Waals surface area (Å²) < 4.78 is 0. The van der Waals surface area contributed by atoms with E-state index in [1.165, 1.54) is 12.8 Å². The molecule has 0 spiro atoms. The molecule has 2 unspecified atom stereocenters. The molecule has 0 aromatic rings. The summed E-state index contributed by atoms with van der Waals surface area (Å²) in [6, 6.07) is -0.579. The second-order valence-corrected chi connectivity index (χ2v) is 7.60. The normalized spacial score (nSPS) is 14.7. The smallest absolute Gasteiger partial charge is 0.320 e. The monoisotopic (exact) mass is 373 g/mol. The first-order valence-corrected chi connectivity index (χ1v) is 10.2. The fourth-order valence-corrected chi connectivity index (χ4v) is 3.04. The second-order valence-electron chi connectivity index (χ2n) is 7.60. The second kappa shape index (κ2) is 15.0. The van der Waals surface area contributed by atoms with Crippen LogP contribution in [-0.2, 0) is 9.59 Å². The van der Waals surface area contributed by atoms with Gasteiger partial charge in [0.2, 0.25) is 0 Å². The van der Waals surface area contributed by atoms with Crippen LogP contribution >= 0.6 is 0 Å². The lowest BCUT2D eigenvalue weighted by Crippen LogP contribution is -2.40. The molecule has 0 aromatic carbocycles. The highest BCUT2D eigenvalue weighted by Crippen LogP contribution is 2.18. The molecule has 4 N–H and O–H groups in total. The van der Waals surface area contributed by atoms with E-state index in [4.69, 9.17) is 5.11 Å². The summed E-state index contributed by atoms with van der Waals surface area (Å²) in [6.45, 7) is 4.48. The number of hydrogen-bond donors (Lipinski definition) is 4. The molecule has 0 saturated heterocycles. The van der Waals surface area contributed by atoms with Gasteiger partial charge < -0.3 is 20.6 Å². The number of hydrogen-bond acceptors (Lipinski definition) is 4. The standard InChI is InChI=1S/C20H39NO5/c1-3-4-5-11-14-20(2,26)15-16-21-17(19(24)25)12-9-7-6-8-10-13-18(22)23/h17,21,26H,3-16H2,1-2H3,(H,22,23)(H,24,25). The molecule has 0 radical (unpaired) electrons. The van der Waals surface area contributed by atoms with Crippen LogP contribution in [0.15, 0.2) is 0 Å². The van der Waals surface area contributed by atoms with Gasteiger partial charge >= 0.3 is 11.9 Å². The van der Waals surface area contributed by atoms with E-state index in [-0.39, 0.29) is 6.42 Å². The molecular formula is C20H39NO5. The van der Waals surface area contributed by atoms with Crippen molar-refractivity contribution in [2.45, 2.75) is 109 Å². The number of aliphatic carboxylic acids is 2. The predicted octanol–water partition coefficient (Wildman–Crippen LogP) is 3.96. The first kappa shape index (κ1) is 24.9. The average molecular weight is 374 g/mol. The Morgan fingerprint density at radius 2 is 1.54 bits per heavy atom. The van der Waals surface area contributed by atoms with Gasteiger partial charge in [-0.2, -0.15) is 0 Å². The van der Waals surface area contributed by atoms with Crippen molar-refractivity contribution in [3.05, 3.63) is 0 Å². The molecule has 26 heavy (non-hydrogen) atoms. The third-order valence-electron chi connectivity index (χ3n) is 4.80. The molecule has 0 aliphatic carbocycles. The highest BCUT2D eigenvalue weighted by atomic mass is 16.4. The van der Waals surface area contributed by atoms with Crippen LogP contribution in [0.5, 0.6) is 0 Å². The molecule has 0 aromatic heterocycles. The molecule has 0 amide bonds. The van der Waals surface area contributed by atoms with Gasteiger partial charge in [0.25, 0.3) is 0 Å². The van der Waals surface area contributed by atoms with E-state index in [9.17, 15) is 19.8 Å². The van der Waals surface area contributed by atoms with Crippen molar-refractivity contribution in [3.63, 3.8) is 0 Å². The Bertz CT molecular complexity index is 384. The van der Waals surface area contributed by atoms with Crippen LogP contribution < -0.4 is 5.32 Å². The Labute approximate surface area is 158 Å². The minimum Gasteiger partial charge on any atom is -0.481 e. The van der Waals surface area contributed by atoms with Gasteiger partial charge in [0.15, 0.2) is 0 Å². The van der Waals surface area contributed by atoms with Crippen molar-refractivity contribution >= 4 is 11.9 Å². The number of unbranched alkanes of at least 4 members (excludes halogenated alkanes) is 7. The van der Waals surface area contributed by atoms with E-state index in [0.29, 0.717) is 25.8 Å². The van der Waals surface area contributed by atoms with Gasteiger partial charge in [-0.3, -0.25) is 9.59 Å². The maximum Gasteiger partial charge on any atom is 0.320 e. The summed E-state index contributed by atoms with van der Waals surface area (Å²) in [4.78, 5) is 21.8. The van der Waals surface area contributed by atoms with Crippen LogP contribution in [0.2, 0.25) is 0 Å². The van der Waals surface area contributed by atoms with Crippen molar-refractivity contribution in [1.29, 1.82) is 0 Å². The SMILES string of the molecule is CCCCCCC(C)(O)CCNC(CCCCCCCC(=O)O)C(=O)O. The Kier molecular flexibility index (Phi) is 14.3. The summed E-state index contributed by atoms with van der Waals surface area (Å²) in [5.41, 5.74) is -0.742. The lowest BCUT2D eigenvalue weighted by Gasteiger charge is -2.24. The molecule has 2 atom stereocenters. The molecule has 6 heteroatoms. The fourth-order valence-electron chi connectivity index (χ4n) is 3.04. The molecule has 6 nitrogen and oxygen atoms in total. The molecule has 0 aliphatic rings. The minimum absolute atomic E-state index is 0.206. The first-order valence-electron chi connectivity index (χ1n) is 10.2. The quantitative estimate of drug-likeness (QED) is 0.271. The topological polar surface area (TPSA) is 107 Å². The zero-order chi connectivity index (χ0) is 19.8. The summed E-state index contributed by atoms with van der Waals surface area (Å²) >= 11 is 0. The predicted molar refractivity (Wildman–Crippen MR) is 103 cm³/mol. The van der Waals surface area contributed by atoms with Crippen LogP contribution in [-0.4, -0.2) is 45.4 Å². The summed E-state index contributed by atoms with van der Waals surface area (Å²) in [5, 5.41) is 31.3. The average Bonchev–Trinajstić information content (AvgIpc) is 2.55. The van der Waals surface area contributed by atoms with Crippen LogP contribution in [0, 0.1) is 0 Å².